The monoisotopic (exact) mass is 808 g/mol. The lowest BCUT2D eigenvalue weighted by Crippen LogP contribution is -2.52. The summed E-state index contributed by atoms with van der Waals surface area (Å²) in [6.07, 6.45) is 5.21. The number of esters is 1. The van der Waals surface area contributed by atoms with Crippen molar-refractivity contribution in [1.29, 1.82) is 0 Å². The molecule has 3 N–H and O–H groups in total. The maximum Gasteiger partial charge on any atom is 0.408 e. The Morgan fingerprint density at radius 3 is 2.12 bits per heavy atom. The molecule has 1 heterocycles. The Labute approximate surface area is 348 Å². The molecule has 4 atom stereocenters. The van der Waals surface area contributed by atoms with E-state index in [0.29, 0.717) is 38.6 Å². The van der Waals surface area contributed by atoms with E-state index in [1.54, 1.807) is 25.7 Å². The Balaban J connectivity index is 1.18. The summed E-state index contributed by atoms with van der Waals surface area (Å²) in [5.74, 6) is -1.72. The van der Waals surface area contributed by atoms with Gasteiger partial charge in [0, 0.05) is 19.0 Å². The van der Waals surface area contributed by atoms with Crippen LogP contribution in [0.4, 0.5) is 9.59 Å². The van der Waals surface area contributed by atoms with Crippen molar-refractivity contribution in [2.24, 2.45) is 11.8 Å². The van der Waals surface area contributed by atoms with E-state index < -0.39 is 47.7 Å². The average Bonchev–Trinajstić information content (AvgIpc) is 3.82. The van der Waals surface area contributed by atoms with E-state index in [1.807, 2.05) is 66.7 Å². The molecule has 12 heteroatoms. The second-order valence-corrected chi connectivity index (χ2v) is 16.7. The van der Waals surface area contributed by atoms with E-state index in [4.69, 9.17) is 14.2 Å². The number of benzene rings is 3. The van der Waals surface area contributed by atoms with E-state index in [1.165, 1.54) is 7.11 Å². The largest absolute Gasteiger partial charge is 0.467 e. The van der Waals surface area contributed by atoms with Crippen molar-refractivity contribution in [3.05, 3.63) is 108 Å². The first-order valence-corrected chi connectivity index (χ1v) is 20.7. The summed E-state index contributed by atoms with van der Waals surface area (Å²) in [5.41, 5.74) is 4.80. The molecular weight excluding hydrogens is 749 g/mol. The first kappa shape index (κ1) is 44.5. The van der Waals surface area contributed by atoms with Crippen molar-refractivity contribution in [2.45, 2.75) is 103 Å². The van der Waals surface area contributed by atoms with Crippen molar-refractivity contribution in [3.8, 4) is 11.1 Å². The number of rotatable bonds is 17. The number of nitrogens with zero attached hydrogens (tertiary/aromatic N) is 1. The second kappa shape index (κ2) is 20.9. The van der Waals surface area contributed by atoms with Gasteiger partial charge in [-0.1, -0.05) is 105 Å². The van der Waals surface area contributed by atoms with Gasteiger partial charge in [0.1, 0.15) is 24.3 Å². The van der Waals surface area contributed by atoms with Gasteiger partial charge in [0.25, 0.3) is 0 Å². The van der Waals surface area contributed by atoms with Gasteiger partial charge in [-0.05, 0) is 93.0 Å². The number of methoxy groups -OCH3 is 1. The van der Waals surface area contributed by atoms with Crippen LogP contribution in [0.1, 0.15) is 89.3 Å². The van der Waals surface area contributed by atoms with Gasteiger partial charge in [0.15, 0.2) is 0 Å². The predicted molar refractivity (Wildman–Crippen MR) is 226 cm³/mol. The van der Waals surface area contributed by atoms with Gasteiger partial charge in [-0.3, -0.25) is 9.59 Å². The molecule has 3 aromatic rings. The molecule has 5 rings (SSSR count). The molecule has 3 aromatic carbocycles. The van der Waals surface area contributed by atoms with Gasteiger partial charge < -0.3 is 35.1 Å². The number of nitrogens with one attached hydrogen (secondary N) is 3. The summed E-state index contributed by atoms with van der Waals surface area (Å²) >= 11 is 0. The van der Waals surface area contributed by atoms with Crippen LogP contribution < -0.4 is 16.0 Å². The normalized spacial score (nSPS) is 16.5. The number of fused-ring (bicyclic) bond motifs is 3. The highest BCUT2D eigenvalue weighted by Crippen LogP contribution is 2.44. The van der Waals surface area contributed by atoms with Crippen molar-refractivity contribution in [2.75, 3.05) is 26.8 Å². The fourth-order valence-corrected chi connectivity index (χ4v) is 7.85. The molecule has 1 saturated heterocycles. The minimum atomic E-state index is -0.981. The summed E-state index contributed by atoms with van der Waals surface area (Å²) in [4.78, 5) is 68.1. The van der Waals surface area contributed by atoms with E-state index in [0.717, 1.165) is 27.8 Å². The summed E-state index contributed by atoms with van der Waals surface area (Å²) in [6, 6.07) is 23.7. The number of carbonyl (C=O) groups excluding carboxylic acids is 5. The Morgan fingerprint density at radius 2 is 1.49 bits per heavy atom. The van der Waals surface area contributed by atoms with Crippen LogP contribution in [0.25, 0.3) is 11.1 Å². The van der Waals surface area contributed by atoms with Crippen molar-refractivity contribution < 1.29 is 38.2 Å². The highest BCUT2D eigenvalue weighted by atomic mass is 16.6. The fraction of sp³-hybridized carbons (Fsp3) is 0.468. The molecule has 2 aliphatic rings. The molecule has 1 unspecified atom stereocenters. The Kier molecular flexibility index (Phi) is 15.7. The van der Waals surface area contributed by atoms with Crippen molar-refractivity contribution in [3.63, 3.8) is 0 Å². The number of likely N-dealkylation sites (tertiary alicyclic amines) is 1. The molecule has 4 amide bonds. The van der Waals surface area contributed by atoms with Gasteiger partial charge in [0.05, 0.1) is 19.1 Å². The molecule has 0 aromatic heterocycles. The van der Waals surface area contributed by atoms with Crippen LogP contribution in [-0.4, -0.2) is 85.4 Å². The van der Waals surface area contributed by atoms with E-state index in [9.17, 15) is 24.0 Å². The third-order valence-corrected chi connectivity index (χ3v) is 10.5. The number of alkyl carbamates (subject to hydrolysis) is 2. The van der Waals surface area contributed by atoms with Crippen LogP contribution >= 0.6 is 0 Å². The van der Waals surface area contributed by atoms with Crippen LogP contribution in [0.3, 0.4) is 0 Å². The van der Waals surface area contributed by atoms with Gasteiger partial charge in [-0.15, -0.1) is 0 Å². The zero-order valence-electron chi connectivity index (χ0n) is 35.2. The average molecular weight is 809 g/mol. The SMILES string of the molecule is COC(=O)C(CCCNC(=O)OCC1c2ccccc2-c2ccccc21)NC(=O)[C@@H]1CCCN1C(=O)[C@@H](/C=C/[C@H](CC(C)C)NC(=O)OC(C)(C)C)Cc1ccccc1. The van der Waals surface area contributed by atoms with Crippen LogP contribution in [0.15, 0.2) is 91.0 Å². The Morgan fingerprint density at radius 1 is 0.847 bits per heavy atom. The molecular formula is C47H60N4O8. The van der Waals surface area contributed by atoms with Crippen LogP contribution in [0.2, 0.25) is 0 Å². The predicted octanol–water partition coefficient (Wildman–Crippen LogP) is 7.31. The third-order valence-electron chi connectivity index (χ3n) is 10.5. The molecule has 0 spiro atoms. The lowest BCUT2D eigenvalue weighted by molar-refractivity contribution is -0.146. The summed E-state index contributed by atoms with van der Waals surface area (Å²) in [5, 5.41) is 8.54. The number of carbonyl (C=O) groups is 5. The third kappa shape index (κ3) is 12.7. The first-order chi connectivity index (χ1) is 28.2. The number of hydrogen-bond donors (Lipinski definition) is 3. The molecule has 0 saturated carbocycles. The zero-order valence-corrected chi connectivity index (χ0v) is 35.2. The van der Waals surface area contributed by atoms with E-state index >= 15 is 0 Å². The number of ether oxygens (including phenoxy) is 3. The molecule has 316 valence electrons. The molecule has 0 radical (unpaired) electrons. The van der Waals surface area contributed by atoms with Crippen molar-refractivity contribution >= 4 is 30.0 Å². The van der Waals surface area contributed by atoms with E-state index in [-0.39, 0.29) is 43.4 Å². The smallest absolute Gasteiger partial charge is 0.408 e. The summed E-state index contributed by atoms with van der Waals surface area (Å²) in [7, 11) is 1.26. The lowest BCUT2D eigenvalue weighted by Gasteiger charge is -2.29. The maximum atomic E-state index is 14.4. The molecule has 1 aliphatic heterocycles. The standard InChI is InChI=1S/C47H60N4O8/c1-31(2)28-34(49-46(56)59-47(3,4)5)25-24-33(29-32-16-8-7-9-17-32)43(53)51-27-15-23-41(51)42(52)50-40(44(54)57-6)22-14-26-48-45(55)58-30-39-37-20-12-10-18-35(37)36-19-11-13-21-38(36)39/h7-13,16-21,24-25,31,33-34,39-41H,14-15,22-23,26-30H2,1-6H3,(H,48,55)(H,49,56)(H,50,52)/b25-24+/t33-,34+,40?,41-/m0/s1. The van der Waals surface area contributed by atoms with Gasteiger partial charge >= 0.3 is 18.2 Å². The van der Waals surface area contributed by atoms with Gasteiger partial charge in [0.2, 0.25) is 11.8 Å². The maximum absolute atomic E-state index is 14.4. The quantitative estimate of drug-likeness (QED) is 0.0556. The second-order valence-electron chi connectivity index (χ2n) is 16.7. The summed E-state index contributed by atoms with van der Waals surface area (Å²) < 4.78 is 16.2. The highest BCUT2D eigenvalue weighted by Gasteiger charge is 2.38. The minimum absolute atomic E-state index is 0.0679. The number of amides is 4. The Hall–Kier alpha value is -5.65. The van der Waals surface area contributed by atoms with Crippen molar-refractivity contribution in [1.82, 2.24) is 20.9 Å². The fourth-order valence-electron chi connectivity index (χ4n) is 7.85. The zero-order chi connectivity index (χ0) is 42.5. The summed E-state index contributed by atoms with van der Waals surface area (Å²) in [6.45, 7) is 10.3. The number of hydrogen-bond acceptors (Lipinski definition) is 8. The van der Waals surface area contributed by atoms with Crippen LogP contribution in [0, 0.1) is 11.8 Å². The molecule has 1 fully saturated rings. The lowest BCUT2D eigenvalue weighted by atomic mass is 9.95. The molecule has 1 aliphatic carbocycles. The molecule has 59 heavy (non-hydrogen) atoms. The van der Waals surface area contributed by atoms with Gasteiger partial charge in [-0.25, -0.2) is 14.4 Å². The first-order valence-electron chi connectivity index (χ1n) is 20.7. The van der Waals surface area contributed by atoms with E-state index in [2.05, 4.69) is 54.1 Å². The minimum Gasteiger partial charge on any atom is -0.467 e. The topological polar surface area (TPSA) is 152 Å². The Bertz CT molecular complexity index is 1900. The highest BCUT2D eigenvalue weighted by molar-refractivity contribution is 5.92. The van der Waals surface area contributed by atoms with Crippen LogP contribution in [0.5, 0.6) is 0 Å². The molecule has 12 nitrogen and oxygen atoms in total. The molecule has 0 bridgehead atoms. The van der Waals surface area contributed by atoms with Crippen LogP contribution in [-0.2, 0) is 35.0 Å². The van der Waals surface area contributed by atoms with Gasteiger partial charge in [-0.2, -0.15) is 0 Å².